The zero-order valence-electron chi connectivity index (χ0n) is 10.1. The van der Waals surface area contributed by atoms with E-state index in [9.17, 15) is 4.79 Å². The Bertz CT molecular complexity index is 499. The molecule has 0 N–H and O–H groups in total. The molecular weight excluding hydrogens is 212 g/mol. The molecule has 2 aromatic rings. The van der Waals surface area contributed by atoms with Crippen molar-refractivity contribution >= 4 is 6.29 Å². The zero-order chi connectivity index (χ0) is 12.3. The number of hydrogen-bond donors (Lipinski definition) is 0. The van der Waals surface area contributed by atoms with Crippen molar-refractivity contribution in [1.29, 1.82) is 0 Å². The van der Waals surface area contributed by atoms with E-state index in [4.69, 9.17) is 0 Å². The molecule has 1 aromatic carbocycles. The summed E-state index contributed by atoms with van der Waals surface area (Å²) in [4.78, 5) is 10.6. The van der Waals surface area contributed by atoms with Gasteiger partial charge in [0.15, 0.2) is 0 Å². The van der Waals surface area contributed by atoms with Crippen LogP contribution in [0.5, 0.6) is 0 Å². The first-order valence-corrected chi connectivity index (χ1v) is 5.82. The van der Waals surface area contributed by atoms with Crippen LogP contribution >= 0.6 is 0 Å². The van der Waals surface area contributed by atoms with E-state index in [0.717, 1.165) is 18.3 Å². The van der Waals surface area contributed by atoms with Crippen LogP contribution in [0.25, 0.3) is 0 Å². The van der Waals surface area contributed by atoms with Crippen LogP contribution in [0.3, 0.4) is 0 Å². The summed E-state index contributed by atoms with van der Waals surface area (Å²) in [7, 11) is 0. The van der Waals surface area contributed by atoms with Crippen LogP contribution in [-0.2, 0) is 6.42 Å². The SMILES string of the molecule is CCc1cnn(C(C)c2ccc(C=O)cc2)c1. The number of carbonyl (C=O) groups excluding carboxylic acids is 1. The molecule has 0 aliphatic heterocycles. The Morgan fingerprint density at radius 1 is 1.35 bits per heavy atom. The van der Waals surface area contributed by atoms with Crippen molar-refractivity contribution in [2.24, 2.45) is 0 Å². The molecule has 0 saturated carbocycles. The summed E-state index contributed by atoms with van der Waals surface area (Å²) >= 11 is 0. The van der Waals surface area contributed by atoms with Crippen LogP contribution in [-0.4, -0.2) is 16.1 Å². The smallest absolute Gasteiger partial charge is 0.150 e. The van der Waals surface area contributed by atoms with Crippen LogP contribution in [0, 0.1) is 0 Å². The summed E-state index contributed by atoms with van der Waals surface area (Å²) in [6.07, 6.45) is 5.82. The normalized spacial score (nSPS) is 12.4. The third-order valence-corrected chi connectivity index (χ3v) is 3.01. The quantitative estimate of drug-likeness (QED) is 0.754. The second-order valence-corrected chi connectivity index (χ2v) is 4.14. The van der Waals surface area contributed by atoms with Gasteiger partial charge in [0.2, 0.25) is 0 Å². The first-order valence-electron chi connectivity index (χ1n) is 5.82. The zero-order valence-corrected chi connectivity index (χ0v) is 10.1. The summed E-state index contributed by atoms with van der Waals surface area (Å²) in [6, 6.07) is 7.81. The Hall–Kier alpha value is -1.90. The molecule has 0 bridgehead atoms. The molecule has 1 atom stereocenters. The van der Waals surface area contributed by atoms with Gasteiger partial charge in [0.25, 0.3) is 0 Å². The molecule has 0 amide bonds. The number of hydrogen-bond acceptors (Lipinski definition) is 2. The summed E-state index contributed by atoms with van der Waals surface area (Å²) in [6.45, 7) is 4.22. The van der Waals surface area contributed by atoms with Crippen LogP contribution in [0.4, 0.5) is 0 Å². The van der Waals surface area contributed by atoms with Crippen molar-refractivity contribution in [3.05, 3.63) is 53.3 Å². The van der Waals surface area contributed by atoms with E-state index in [-0.39, 0.29) is 6.04 Å². The molecule has 0 saturated heterocycles. The molecule has 0 aliphatic carbocycles. The average molecular weight is 228 g/mol. The van der Waals surface area contributed by atoms with Crippen LogP contribution in [0.1, 0.15) is 41.4 Å². The molecule has 0 radical (unpaired) electrons. The highest BCUT2D eigenvalue weighted by Gasteiger charge is 2.08. The molecule has 1 unspecified atom stereocenters. The fourth-order valence-corrected chi connectivity index (χ4v) is 1.78. The third kappa shape index (κ3) is 2.44. The number of carbonyl (C=O) groups is 1. The van der Waals surface area contributed by atoms with Crippen molar-refractivity contribution < 1.29 is 4.79 Å². The maximum atomic E-state index is 10.6. The van der Waals surface area contributed by atoms with Crippen LogP contribution in [0.2, 0.25) is 0 Å². The number of aryl methyl sites for hydroxylation is 1. The van der Waals surface area contributed by atoms with Gasteiger partial charge in [-0.1, -0.05) is 31.2 Å². The molecule has 1 heterocycles. The summed E-state index contributed by atoms with van der Waals surface area (Å²) in [5.41, 5.74) is 3.10. The van der Waals surface area contributed by atoms with Gasteiger partial charge in [-0.05, 0) is 24.5 Å². The molecular formula is C14H16N2O. The lowest BCUT2D eigenvalue weighted by atomic mass is 10.1. The highest BCUT2D eigenvalue weighted by atomic mass is 16.1. The fourth-order valence-electron chi connectivity index (χ4n) is 1.78. The minimum atomic E-state index is 0.191. The highest BCUT2D eigenvalue weighted by Crippen LogP contribution is 2.17. The molecule has 2 rings (SSSR count). The van der Waals surface area contributed by atoms with Gasteiger partial charge in [-0.15, -0.1) is 0 Å². The Morgan fingerprint density at radius 3 is 2.59 bits per heavy atom. The lowest BCUT2D eigenvalue weighted by molar-refractivity contribution is 0.112. The van der Waals surface area contributed by atoms with Crippen LogP contribution < -0.4 is 0 Å². The number of aromatic nitrogens is 2. The van der Waals surface area contributed by atoms with E-state index in [1.807, 2.05) is 35.1 Å². The van der Waals surface area contributed by atoms with E-state index in [0.29, 0.717) is 5.56 Å². The molecule has 1 aromatic heterocycles. The van der Waals surface area contributed by atoms with Gasteiger partial charge in [0.1, 0.15) is 6.29 Å². The maximum Gasteiger partial charge on any atom is 0.150 e. The van der Waals surface area contributed by atoms with Crippen molar-refractivity contribution in [3.8, 4) is 0 Å². The van der Waals surface area contributed by atoms with Crippen molar-refractivity contribution in [3.63, 3.8) is 0 Å². The van der Waals surface area contributed by atoms with Gasteiger partial charge < -0.3 is 0 Å². The Kier molecular flexibility index (Phi) is 3.38. The molecule has 3 nitrogen and oxygen atoms in total. The monoisotopic (exact) mass is 228 g/mol. The number of benzene rings is 1. The van der Waals surface area contributed by atoms with Gasteiger partial charge in [-0.2, -0.15) is 5.10 Å². The Balaban J connectivity index is 2.23. The average Bonchev–Trinajstić information content (AvgIpc) is 2.87. The molecule has 0 fully saturated rings. The van der Waals surface area contributed by atoms with Crippen LogP contribution in [0.15, 0.2) is 36.7 Å². The molecule has 0 aliphatic rings. The minimum absolute atomic E-state index is 0.191. The molecule has 88 valence electrons. The van der Waals surface area contributed by atoms with E-state index in [1.165, 1.54) is 5.56 Å². The largest absolute Gasteiger partial charge is 0.298 e. The van der Waals surface area contributed by atoms with Crippen molar-refractivity contribution in [2.45, 2.75) is 26.3 Å². The summed E-state index contributed by atoms with van der Waals surface area (Å²) < 4.78 is 1.95. The predicted molar refractivity (Wildman–Crippen MR) is 67.2 cm³/mol. The van der Waals surface area contributed by atoms with Crippen molar-refractivity contribution in [1.82, 2.24) is 9.78 Å². The lowest BCUT2D eigenvalue weighted by Gasteiger charge is -2.12. The lowest BCUT2D eigenvalue weighted by Crippen LogP contribution is -2.07. The minimum Gasteiger partial charge on any atom is -0.298 e. The fraction of sp³-hybridized carbons (Fsp3) is 0.286. The van der Waals surface area contributed by atoms with Gasteiger partial charge in [0, 0.05) is 11.8 Å². The van der Waals surface area contributed by atoms with E-state index < -0.39 is 0 Å². The van der Waals surface area contributed by atoms with E-state index in [2.05, 4.69) is 25.1 Å². The summed E-state index contributed by atoms with van der Waals surface area (Å²) in [5.74, 6) is 0. The first kappa shape index (κ1) is 11.6. The number of rotatable bonds is 4. The molecule has 17 heavy (non-hydrogen) atoms. The number of aldehydes is 1. The third-order valence-electron chi connectivity index (χ3n) is 3.01. The molecule has 3 heteroatoms. The second kappa shape index (κ2) is 4.95. The highest BCUT2D eigenvalue weighted by molar-refractivity contribution is 5.74. The predicted octanol–water partition coefficient (Wildman–Crippen LogP) is 2.87. The van der Waals surface area contributed by atoms with E-state index in [1.54, 1.807) is 0 Å². The summed E-state index contributed by atoms with van der Waals surface area (Å²) in [5, 5.41) is 4.35. The second-order valence-electron chi connectivity index (χ2n) is 4.14. The number of nitrogens with zero attached hydrogens (tertiary/aromatic N) is 2. The molecule has 0 spiro atoms. The Morgan fingerprint density at radius 2 is 2.06 bits per heavy atom. The standard InChI is InChI=1S/C14H16N2O/c1-3-12-8-15-16(9-12)11(2)14-6-4-13(10-17)5-7-14/h4-11H,3H2,1-2H3. The topological polar surface area (TPSA) is 34.9 Å². The Labute approximate surface area is 101 Å². The van der Waals surface area contributed by atoms with Gasteiger partial charge in [-0.25, -0.2) is 0 Å². The maximum absolute atomic E-state index is 10.6. The first-order chi connectivity index (χ1) is 8.24. The van der Waals surface area contributed by atoms with E-state index >= 15 is 0 Å². The van der Waals surface area contributed by atoms with Gasteiger partial charge in [0.05, 0.1) is 12.2 Å². The van der Waals surface area contributed by atoms with Crippen molar-refractivity contribution in [2.75, 3.05) is 0 Å². The van der Waals surface area contributed by atoms with Gasteiger partial charge in [-0.3, -0.25) is 9.48 Å². The van der Waals surface area contributed by atoms with Gasteiger partial charge >= 0.3 is 0 Å².